The molecule has 17 heavy (non-hydrogen) atoms. The van der Waals surface area contributed by atoms with Crippen molar-refractivity contribution >= 4 is 23.1 Å². The summed E-state index contributed by atoms with van der Waals surface area (Å²) in [6.07, 6.45) is 3.94. The zero-order valence-corrected chi connectivity index (χ0v) is 10.1. The molecule has 0 bridgehead atoms. The van der Waals surface area contributed by atoms with Crippen molar-refractivity contribution < 1.29 is 0 Å². The van der Waals surface area contributed by atoms with Crippen LogP contribution in [0.2, 0.25) is 5.02 Å². The summed E-state index contributed by atoms with van der Waals surface area (Å²) in [5.74, 6) is 1.41. The summed E-state index contributed by atoms with van der Waals surface area (Å²) in [6, 6.07) is 1.66. The van der Waals surface area contributed by atoms with Crippen LogP contribution in [0.3, 0.4) is 0 Å². The lowest BCUT2D eigenvalue weighted by molar-refractivity contribution is 0.742. The Kier molecular flexibility index (Phi) is 3.43. The number of nitrogen functional groups attached to an aromatic ring is 1. The maximum Gasteiger partial charge on any atom is 0.152 e. The van der Waals surface area contributed by atoms with Crippen LogP contribution in [0, 0.1) is 0 Å². The molecule has 90 valence electrons. The molecule has 3 N–H and O–H groups in total. The van der Waals surface area contributed by atoms with Gasteiger partial charge in [0.25, 0.3) is 0 Å². The Bertz CT molecular complexity index is 509. The Morgan fingerprint density at radius 1 is 1.47 bits per heavy atom. The molecule has 0 saturated carbocycles. The molecule has 6 nitrogen and oxygen atoms in total. The third-order valence-corrected chi connectivity index (χ3v) is 2.44. The second-order valence-electron chi connectivity index (χ2n) is 3.61. The summed E-state index contributed by atoms with van der Waals surface area (Å²) in [5.41, 5.74) is 6.10. The molecule has 2 aromatic heterocycles. The lowest BCUT2D eigenvalue weighted by Gasteiger charge is -2.06. The normalized spacial score (nSPS) is 10.5. The summed E-state index contributed by atoms with van der Waals surface area (Å²) in [7, 11) is 1.84. The van der Waals surface area contributed by atoms with Gasteiger partial charge in [0.15, 0.2) is 5.82 Å². The molecule has 0 aromatic carbocycles. The van der Waals surface area contributed by atoms with Gasteiger partial charge in [0.2, 0.25) is 0 Å². The van der Waals surface area contributed by atoms with Gasteiger partial charge >= 0.3 is 0 Å². The van der Waals surface area contributed by atoms with Crippen molar-refractivity contribution in [1.29, 1.82) is 0 Å². The van der Waals surface area contributed by atoms with Crippen LogP contribution in [-0.2, 0) is 13.5 Å². The maximum absolute atomic E-state index is 5.98. The monoisotopic (exact) mass is 252 g/mol. The minimum atomic E-state index is 0.513. The zero-order valence-electron chi connectivity index (χ0n) is 9.39. The van der Waals surface area contributed by atoms with E-state index in [0.717, 1.165) is 5.82 Å². The van der Waals surface area contributed by atoms with Crippen LogP contribution in [0.4, 0.5) is 11.5 Å². The molecule has 0 aliphatic rings. The summed E-state index contributed by atoms with van der Waals surface area (Å²) >= 11 is 5.98. The van der Waals surface area contributed by atoms with Crippen LogP contribution in [0.15, 0.2) is 18.6 Å². The number of anilines is 2. The molecule has 2 rings (SSSR count). The molecular formula is C10H13ClN6. The van der Waals surface area contributed by atoms with Crippen LogP contribution in [0.5, 0.6) is 0 Å². The Balaban J connectivity index is 1.90. The average molecular weight is 253 g/mol. The van der Waals surface area contributed by atoms with E-state index in [4.69, 9.17) is 17.3 Å². The Morgan fingerprint density at radius 3 is 2.94 bits per heavy atom. The molecule has 0 spiro atoms. The van der Waals surface area contributed by atoms with Crippen molar-refractivity contribution in [2.24, 2.45) is 7.05 Å². The average Bonchev–Trinajstić information content (AvgIpc) is 2.68. The Morgan fingerprint density at radius 2 is 2.29 bits per heavy atom. The van der Waals surface area contributed by atoms with Crippen molar-refractivity contribution in [2.75, 3.05) is 17.6 Å². The SMILES string of the molecule is Cn1cnc(CCNc2ncc(N)cc2Cl)n1. The molecule has 0 aliphatic carbocycles. The molecule has 2 aromatic rings. The van der Waals surface area contributed by atoms with Gasteiger partial charge < -0.3 is 11.1 Å². The van der Waals surface area contributed by atoms with E-state index in [2.05, 4.69) is 20.4 Å². The highest BCUT2D eigenvalue weighted by atomic mass is 35.5. The minimum absolute atomic E-state index is 0.513. The van der Waals surface area contributed by atoms with Gasteiger partial charge in [-0.3, -0.25) is 4.68 Å². The van der Waals surface area contributed by atoms with Gasteiger partial charge in [-0.1, -0.05) is 11.6 Å². The number of pyridine rings is 1. The first-order valence-electron chi connectivity index (χ1n) is 5.14. The van der Waals surface area contributed by atoms with Crippen LogP contribution >= 0.6 is 11.6 Å². The highest BCUT2D eigenvalue weighted by Crippen LogP contribution is 2.20. The van der Waals surface area contributed by atoms with E-state index < -0.39 is 0 Å². The Labute approximate surface area is 104 Å². The first-order chi connectivity index (χ1) is 8.15. The van der Waals surface area contributed by atoms with Gasteiger partial charge in [0.05, 0.1) is 16.9 Å². The highest BCUT2D eigenvalue weighted by Gasteiger charge is 2.03. The summed E-state index contributed by atoms with van der Waals surface area (Å²) in [6.45, 7) is 0.667. The van der Waals surface area contributed by atoms with Crippen molar-refractivity contribution in [3.8, 4) is 0 Å². The van der Waals surface area contributed by atoms with E-state index in [-0.39, 0.29) is 0 Å². The van der Waals surface area contributed by atoms with Crippen molar-refractivity contribution in [2.45, 2.75) is 6.42 Å². The van der Waals surface area contributed by atoms with Crippen molar-refractivity contribution in [3.63, 3.8) is 0 Å². The molecular weight excluding hydrogens is 240 g/mol. The van der Waals surface area contributed by atoms with E-state index in [1.807, 2.05) is 7.05 Å². The van der Waals surface area contributed by atoms with Gasteiger partial charge in [-0.15, -0.1) is 0 Å². The second kappa shape index (κ2) is 5.01. The third-order valence-electron chi connectivity index (χ3n) is 2.15. The van der Waals surface area contributed by atoms with Gasteiger partial charge in [-0.25, -0.2) is 9.97 Å². The molecule has 0 atom stereocenters. The summed E-state index contributed by atoms with van der Waals surface area (Å²) < 4.78 is 1.67. The maximum atomic E-state index is 5.98. The van der Waals surface area contributed by atoms with E-state index in [0.29, 0.717) is 29.5 Å². The molecule has 0 amide bonds. The first-order valence-corrected chi connectivity index (χ1v) is 5.52. The number of nitrogens with zero attached hydrogens (tertiary/aromatic N) is 4. The fourth-order valence-electron chi connectivity index (χ4n) is 1.37. The predicted octanol–water partition coefficient (Wildman–Crippen LogP) is 1.10. The van der Waals surface area contributed by atoms with Gasteiger partial charge in [0.1, 0.15) is 12.1 Å². The van der Waals surface area contributed by atoms with Crippen LogP contribution in [0.25, 0.3) is 0 Å². The number of nitrogens with one attached hydrogen (secondary N) is 1. The van der Waals surface area contributed by atoms with E-state index in [1.54, 1.807) is 23.3 Å². The van der Waals surface area contributed by atoms with Gasteiger partial charge in [-0.05, 0) is 6.07 Å². The number of nitrogens with two attached hydrogens (primary N) is 1. The standard InChI is InChI=1S/C10H13ClN6/c1-17-6-15-9(16-17)2-3-13-10-8(11)4-7(12)5-14-10/h4-6H,2-3,12H2,1H3,(H,13,14). The van der Waals surface area contributed by atoms with Gasteiger partial charge in [-0.2, -0.15) is 5.10 Å². The first kappa shape index (κ1) is 11.7. The predicted molar refractivity (Wildman–Crippen MR) is 66.9 cm³/mol. The third kappa shape index (κ3) is 3.07. The quantitative estimate of drug-likeness (QED) is 0.852. The zero-order chi connectivity index (χ0) is 12.3. The number of hydrogen-bond acceptors (Lipinski definition) is 5. The summed E-state index contributed by atoms with van der Waals surface area (Å²) in [4.78, 5) is 8.22. The minimum Gasteiger partial charge on any atom is -0.397 e. The number of rotatable bonds is 4. The highest BCUT2D eigenvalue weighted by molar-refractivity contribution is 6.33. The number of halogens is 1. The van der Waals surface area contributed by atoms with E-state index >= 15 is 0 Å². The number of hydrogen-bond donors (Lipinski definition) is 2. The number of aromatic nitrogens is 4. The largest absolute Gasteiger partial charge is 0.397 e. The second-order valence-corrected chi connectivity index (χ2v) is 4.02. The lowest BCUT2D eigenvalue weighted by Crippen LogP contribution is -2.08. The van der Waals surface area contributed by atoms with E-state index in [1.165, 1.54) is 0 Å². The fraction of sp³-hybridized carbons (Fsp3) is 0.300. The van der Waals surface area contributed by atoms with Crippen LogP contribution in [-0.4, -0.2) is 26.3 Å². The number of aryl methyl sites for hydroxylation is 1. The molecule has 0 unspecified atom stereocenters. The van der Waals surface area contributed by atoms with Gasteiger partial charge in [0, 0.05) is 20.0 Å². The lowest BCUT2D eigenvalue weighted by atomic mass is 10.4. The van der Waals surface area contributed by atoms with Crippen molar-refractivity contribution in [1.82, 2.24) is 19.7 Å². The van der Waals surface area contributed by atoms with Crippen molar-refractivity contribution in [3.05, 3.63) is 29.4 Å². The van der Waals surface area contributed by atoms with Crippen LogP contribution in [0.1, 0.15) is 5.82 Å². The molecule has 7 heteroatoms. The fourth-order valence-corrected chi connectivity index (χ4v) is 1.62. The van der Waals surface area contributed by atoms with E-state index in [9.17, 15) is 0 Å². The molecule has 0 saturated heterocycles. The molecule has 0 radical (unpaired) electrons. The van der Waals surface area contributed by atoms with Crippen LogP contribution < -0.4 is 11.1 Å². The smallest absolute Gasteiger partial charge is 0.152 e. The topological polar surface area (TPSA) is 81.7 Å². The summed E-state index contributed by atoms with van der Waals surface area (Å²) in [5, 5.41) is 7.79. The molecule has 2 heterocycles. The molecule has 0 aliphatic heterocycles. The Hall–Kier alpha value is -1.82. The molecule has 0 fully saturated rings.